The highest BCUT2D eigenvalue weighted by Crippen LogP contribution is 2.20. The van der Waals surface area contributed by atoms with Crippen LogP contribution in [0.1, 0.15) is 13.8 Å². The summed E-state index contributed by atoms with van der Waals surface area (Å²) in [5.74, 6) is 0. The van der Waals surface area contributed by atoms with Crippen LogP contribution < -0.4 is 0 Å². The second-order valence-corrected chi connectivity index (χ2v) is 4.72. The molecule has 0 spiro atoms. The zero-order chi connectivity index (χ0) is 7.49. The fourth-order valence-electron chi connectivity index (χ4n) is 0.826. The van der Waals surface area contributed by atoms with Crippen LogP contribution in [0, 0.1) is 0 Å². The molecule has 0 amide bonds. The van der Waals surface area contributed by atoms with Gasteiger partial charge in [-0.05, 0) is 34.2 Å². The lowest BCUT2D eigenvalue weighted by Crippen LogP contribution is -2.30. The molecule has 0 aliphatic rings. The highest BCUT2D eigenvalue weighted by atomic mass is 32.2. The van der Waals surface area contributed by atoms with E-state index in [9.17, 15) is 0 Å². The van der Waals surface area contributed by atoms with E-state index in [-0.39, 0.29) is 0 Å². The normalized spacial score (nSPS) is 12.7. The molecule has 1 nitrogen and oxygen atoms in total. The number of nitrogens with zero attached hydrogens (tertiary/aromatic N) is 1. The van der Waals surface area contributed by atoms with Crippen molar-refractivity contribution in [2.75, 3.05) is 26.9 Å². The molecule has 0 saturated carbocycles. The summed E-state index contributed by atoms with van der Waals surface area (Å²) in [7, 11) is 4.22. The third-order valence-corrected chi connectivity index (χ3v) is 2.48. The van der Waals surface area contributed by atoms with E-state index in [1.165, 1.54) is 0 Å². The van der Waals surface area contributed by atoms with Gasteiger partial charge in [0.05, 0.1) is 0 Å². The maximum absolute atomic E-state index is 2.26. The van der Waals surface area contributed by atoms with Crippen molar-refractivity contribution in [1.29, 1.82) is 0 Å². The largest absolute Gasteiger partial charge is 0.308 e. The van der Waals surface area contributed by atoms with Crippen LogP contribution in [0.3, 0.4) is 0 Å². The minimum Gasteiger partial charge on any atom is -0.308 e. The molecule has 0 saturated heterocycles. The van der Waals surface area contributed by atoms with Gasteiger partial charge in [-0.2, -0.15) is 11.8 Å². The monoisotopic (exact) mass is 147 g/mol. The van der Waals surface area contributed by atoms with Crippen LogP contribution in [0.4, 0.5) is 0 Å². The average molecular weight is 147 g/mol. The van der Waals surface area contributed by atoms with Gasteiger partial charge < -0.3 is 4.90 Å². The lowest BCUT2D eigenvalue weighted by molar-refractivity contribution is 0.373. The molecule has 0 fully saturated rings. The molecule has 0 aromatic rings. The minimum atomic E-state index is 0.406. The molecule has 56 valence electrons. The molecule has 2 heteroatoms. The van der Waals surface area contributed by atoms with Gasteiger partial charge >= 0.3 is 0 Å². The maximum Gasteiger partial charge on any atom is 0.0227 e. The van der Waals surface area contributed by atoms with E-state index in [1.54, 1.807) is 0 Å². The van der Waals surface area contributed by atoms with E-state index < -0.39 is 0 Å². The first-order valence-corrected chi connectivity index (χ1v) is 4.40. The Labute approximate surface area is 62.8 Å². The van der Waals surface area contributed by atoms with Crippen molar-refractivity contribution in [2.45, 2.75) is 18.6 Å². The van der Waals surface area contributed by atoms with Gasteiger partial charge in [-0.25, -0.2) is 0 Å². The Morgan fingerprint density at radius 1 is 1.33 bits per heavy atom. The molecular formula is C7H17NS. The smallest absolute Gasteiger partial charge is 0.0227 e. The summed E-state index contributed by atoms with van der Waals surface area (Å²) in [6.07, 6.45) is 2.16. The van der Waals surface area contributed by atoms with E-state index in [0.29, 0.717) is 4.75 Å². The van der Waals surface area contributed by atoms with Crippen LogP contribution in [0.25, 0.3) is 0 Å². The predicted octanol–water partition coefficient (Wildman–Crippen LogP) is 1.69. The number of thioether (sulfide) groups is 1. The minimum absolute atomic E-state index is 0.406. The molecule has 0 rings (SSSR count). The first kappa shape index (κ1) is 9.31. The van der Waals surface area contributed by atoms with Crippen molar-refractivity contribution in [1.82, 2.24) is 4.90 Å². The van der Waals surface area contributed by atoms with Crippen molar-refractivity contribution in [3.8, 4) is 0 Å². The van der Waals surface area contributed by atoms with Crippen molar-refractivity contribution < 1.29 is 0 Å². The van der Waals surface area contributed by atoms with Crippen molar-refractivity contribution >= 4 is 11.8 Å². The van der Waals surface area contributed by atoms with Crippen molar-refractivity contribution in [3.63, 3.8) is 0 Å². The second kappa shape index (κ2) is 3.47. The van der Waals surface area contributed by atoms with E-state index in [2.05, 4.69) is 39.1 Å². The van der Waals surface area contributed by atoms with Crippen LogP contribution in [-0.4, -0.2) is 36.5 Å². The molecule has 0 aromatic carbocycles. The number of hydrogen-bond acceptors (Lipinski definition) is 2. The van der Waals surface area contributed by atoms with Crippen LogP contribution in [0.2, 0.25) is 0 Å². The van der Waals surface area contributed by atoms with Crippen LogP contribution >= 0.6 is 11.8 Å². The van der Waals surface area contributed by atoms with Gasteiger partial charge in [0.1, 0.15) is 0 Å². The van der Waals surface area contributed by atoms with Crippen LogP contribution in [0.15, 0.2) is 0 Å². The molecular weight excluding hydrogens is 130 g/mol. The quantitative estimate of drug-likeness (QED) is 0.597. The van der Waals surface area contributed by atoms with Gasteiger partial charge in [-0.15, -0.1) is 0 Å². The first-order chi connectivity index (χ1) is 3.98. The molecule has 0 atom stereocenters. The fraction of sp³-hybridized carbons (Fsp3) is 1.00. The summed E-state index contributed by atoms with van der Waals surface area (Å²) in [5, 5.41) is 0. The number of hydrogen-bond donors (Lipinski definition) is 0. The lowest BCUT2D eigenvalue weighted by atomic mass is 10.2. The lowest BCUT2D eigenvalue weighted by Gasteiger charge is -2.25. The van der Waals surface area contributed by atoms with E-state index >= 15 is 0 Å². The molecule has 0 aliphatic heterocycles. The zero-order valence-corrected chi connectivity index (χ0v) is 7.88. The van der Waals surface area contributed by atoms with Gasteiger partial charge in [-0.1, -0.05) is 0 Å². The third kappa shape index (κ3) is 4.79. The summed E-state index contributed by atoms with van der Waals surface area (Å²) in [4.78, 5) is 2.22. The Balaban J connectivity index is 3.58. The van der Waals surface area contributed by atoms with Gasteiger partial charge in [0, 0.05) is 11.3 Å². The van der Waals surface area contributed by atoms with Crippen molar-refractivity contribution in [2.24, 2.45) is 0 Å². The summed E-state index contributed by atoms with van der Waals surface area (Å²) in [5.41, 5.74) is 0. The predicted molar refractivity (Wildman–Crippen MR) is 46.1 cm³/mol. The highest BCUT2D eigenvalue weighted by molar-refractivity contribution is 7.99. The molecule has 0 heterocycles. The van der Waals surface area contributed by atoms with E-state index in [1.807, 2.05) is 11.8 Å². The molecule has 0 unspecified atom stereocenters. The fourth-order valence-corrected chi connectivity index (χ4v) is 1.21. The molecule has 0 aromatic heterocycles. The summed E-state index contributed by atoms with van der Waals surface area (Å²) >= 11 is 1.91. The Hall–Kier alpha value is 0.310. The molecule has 9 heavy (non-hydrogen) atoms. The molecule has 0 bridgehead atoms. The summed E-state index contributed by atoms with van der Waals surface area (Å²) < 4.78 is 0.406. The third-order valence-electron chi connectivity index (χ3n) is 1.25. The van der Waals surface area contributed by atoms with E-state index in [0.717, 1.165) is 6.54 Å². The van der Waals surface area contributed by atoms with Gasteiger partial charge in [0.25, 0.3) is 0 Å². The van der Waals surface area contributed by atoms with Crippen LogP contribution in [0.5, 0.6) is 0 Å². The first-order valence-electron chi connectivity index (χ1n) is 3.18. The Morgan fingerprint density at radius 3 is 1.89 bits per heavy atom. The molecule has 0 N–H and O–H groups in total. The number of rotatable bonds is 3. The average Bonchev–Trinajstić information content (AvgIpc) is 1.63. The van der Waals surface area contributed by atoms with Gasteiger partial charge in [0.2, 0.25) is 0 Å². The van der Waals surface area contributed by atoms with Gasteiger partial charge in [0.15, 0.2) is 0 Å². The standard InChI is InChI=1S/C7H17NS/c1-7(2,9-5)6-8(3)4/h6H2,1-5H3. The van der Waals surface area contributed by atoms with Crippen molar-refractivity contribution in [3.05, 3.63) is 0 Å². The summed E-state index contributed by atoms with van der Waals surface area (Å²) in [6.45, 7) is 5.67. The Morgan fingerprint density at radius 2 is 1.78 bits per heavy atom. The summed E-state index contributed by atoms with van der Waals surface area (Å²) in [6, 6.07) is 0. The SMILES string of the molecule is CSC(C)(C)CN(C)C. The van der Waals surface area contributed by atoms with Crippen LogP contribution in [-0.2, 0) is 0 Å². The Bertz CT molecular complexity index is 79.0. The zero-order valence-electron chi connectivity index (χ0n) is 7.06. The second-order valence-electron chi connectivity index (χ2n) is 3.20. The highest BCUT2D eigenvalue weighted by Gasteiger charge is 2.15. The maximum atomic E-state index is 2.26. The Kier molecular flexibility index (Phi) is 3.59. The topological polar surface area (TPSA) is 3.24 Å². The molecule has 0 radical (unpaired) electrons. The van der Waals surface area contributed by atoms with Gasteiger partial charge in [-0.3, -0.25) is 0 Å². The van der Waals surface area contributed by atoms with E-state index in [4.69, 9.17) is 0 Å². The molecule has 0 aliphatic carbocycles.